The monoisotopic (exact) mass is 287 g/mol. The molecule has 1 atom stereocenters. The number of methoxy groups -OCH3 is 1. The third-order valence-electron chi connectivity index (χ3n) is 3.79. The Kier molecular flexibility index (Phi) is 5.02. The van der Waals surface area contributed by atoms with Crippen molar-refractivity contribution in [3.8, 4) is 5.75 Å². The van der Waals surface area contributed by atoms with E-state index in [4.69, 9.17) is 4.74 Å². The van der Waals surface area contributed by atoms with Gasteiger partial charge in [-0.1, -0.05) is 12.1 Å². The van der Waals surface area contributed by atoms with Crippen LogP contribution >= 0.6 is 0 Å². The highest BCUT2D eigenvalue weighted by Gasteiger charge is 2.14. The average molecular weight is 287 g/mol. The van der Waals surface area contributed by atoms with Crippen LogP contribution in [-0.4, -0.2) is 23.9 Å². The second-order valence-electron chi connectivity index (χ2n) is 5.66. The summed E-state index contributed by atoms with van der Waals surface area (Å²) in [5, 5.41) is 8.00. The van der Waals surface area contributed by atoms with E-state index in [2.05, 4.69) is 55.5 Å². The zero-order valence-corrected chi connectivity index (χ0v) is 13.6. The van der Waals surface area contributed by atoms with Crippen LogP contribution in [0.1, 0.15) is 42.8 Å². The standard InChI is InChI=1S/C17H25N3O/c1-12(2)20-9-8-15(19-20)11-16(18-4)14-7-6-13(3)17(10-14)21-5/h6-10,12,16,18H,11H2,1-5H3. The maximum Gasteiger partial charge on any atom is 0.122 e. The van der Waals surface area contributed by atoms with E-state index in [0.29, 0.717) is 6.04 Å². The highest BCUT2D eigenvalue weighted by atomic mass is 16.5. The Balaban J connectivity index is 2.19. The number of aryl methyl sites for hydroxylation is 1. The first-order chi connectivity index (χ1) is 10.0. The van der Waals surface area contributed by atoms with E-state index < -0.39 is 0 Å². The van der Waals surface area contributed by atoms with Crippen LogP contribution in [0, 0.1) is 6.92 Å². The zero-order valence-electron chi connectivity index (χ0n) is 13.6. The normalized spacial score (nSPS) is 12.7. The summed E-state index contributed by atoms with van der Waals surface area (Å²) in [7, 11) is 3.70. The Morgan fingerprint density at radius 1 is 1.29 bits per heavy atom. The van der Waals surface area contributed by atoms with Crippen molar-refractivity contribution in [3.05, 3.63) is 47.3 Å². The number of aromatic nitrogens is 2. The van der Waals surface area contributed by atoms with E-state index >= 15 is 0 Å². The van der Waals surface area contributed by atoms with Crippen molar-refractivity contribution in [2.45, 2.75) is 39.3 Å². The van der Waals surface area contributed by atoms with Crippen LogP contribution in [0.3, 0.4) is 0 Å². The quantitative estimate of drug-likeness (QED) is 0.886. The molecule has 2 aromatic rings. The summed E-state index contributed by atoms with van der Waals surface area (Å²) in [6.07, 6.45) is 2.91. The second-order valence-corrected chi connectivity index (χ2v) is 5.66. The number of benzene rings is 1. The number of nitrogens with one attached hydrogen (secondary N) is 1. The van der Waals surface area contributed by atoms with E-state index in [1.807, 2.05) is 17.9 Å². The molecule has 0 aliphatic heterocycles. The summed E-state index contributed by atoms with van der Waals surface area (Å²) < 4.78 is 7.42. The van der Waals surface area contributed by atoms with Crippen LogP contribution in [0.5, 0.6) is 5.75 Å². The highest BCUT2D eigenvalue weighted by Crippen LogP contribution is 2.25. The molecule has 1 unspecified atom stereocenters. The van der Waals surface area contributed by atoms with Crippen LogP contribution in [0.25, 0.3) is 0 Å². The third-order valence-corrected chi connectivity index (χ3v) is 3.79. The molecular weight excluding hydrogens is 262 g/mol. The van der Waals surface area contributed by atoms with E-state index in [0.717, 1.165) is 23.4 Å². The number of hydrogen-bond donors (Lipinski definition) is 1. The summed E-state index contributed by atoms with van der Waals surface area (Å²) in [5.74, 6) is 0.931. The molecule has 1 heterocycles. The van der Waals surface area contributed by atoms with E-state index in [9.17, 15) is 0 Å². The lowest BCUT2D eigenvalue weighted by molar-refractivity contribution is 0.410. The van der Waals surface area contributed by atoms with Gasteiger partial charge in [0.25, 0.3) is 0 Å². The van der Waals surface area contributed by atoms with Crippen molar-refractivity contribution in [2.24, 2.45) is 0 Å². The summed E-state index contributed by atoms with van der Waals surface area (Å²) in [6.45, 7) is 6.33. The third kappa shape index (κ3) is 3.64. The molecule has 1 aromatic heterocycles. The second kappa shape index (κ2) is 6.76. The first-order valence-corrected chi connectivity index (χ1v) is 7.41. The molecule has 0 aliphatic carbocycles. The highest BCUT2D eigenvalue weighted by molar-refractivity contribution is 5.38. The molecule has 0 amide bonds. The lowest BCUT2D eigenvalue weighted by Gasteiger charge is -2.17. The summed E-state index contributed by atoms with van der Waals surface area (Å²) in [5.41, 5.74) is 3.47. The summed E-state index contributed by atoms with van der Waals surface area (Å²) in [4.78, 5) is 0. The van der Waals surface area contributed by atoms with Crippen LogP contribution in [0.2, 0.25) is 0 Å². The molecule has 0 spiro atoms. The van der Waals surface area contributed by atoms with Gasteiger partial charge in [0.2, 0.25) is 0 Å². The lowest BCUT2D eigenvalue weighted by Crippen LogP contribution is -2.19. The van der Waals surface area contributed by atoms with Crippen molar-refractivity contribution < 1.29 is 4.74 Å². The summed E-state index contributed by atoms with van der Waals surface area (Å²) in [6, 6.07) is 9.08. The number of ether oxygens (including phenoxy) is 1. The van der Waals surface area contributed by atoms with Crippen LogP contribution in [-0.2, 0) is 6.42 Å². The fourth-order valence-electron chi connectivity index (χ4n) is 2.42. The van der Waals surface area contributed by atoms with Gasteiger partial charge in [0.15, 0.2) is 0 Å². The van der Waals surface area contributed by atoms with Crippen LogP contribution in [0.4, 0.5) is 0 Å². The fraction of sp³-hybridized carbons (Fsp3) is 0.471. The first-order valence-electron chi connectivity index (χ1n) is 7.41. The average Bonchev–Trinajstić information content (AvgIpc) is 2.94. The van der Waals surface area contributed by atoms with Crippen molar-refractivity contribution in [1.29, 1.82) is 0 Å². The van der Waals surface area contributed by atoms with Gasteiger partial charge in [0.1, 0.15) is 5.75 Å². The topological polar surface area (TPSA) is 39.1 Å². The van der Waals surface area contributed by atoms with Crippen molar-refractivity contribution in [3.63, 3.8) is 0 Å². The zero-order chi connectivity index (χ0) is 15.4. The molecule has 0 aliphatic rings. The number of rotatable bonds is 6. The van der Waals surface area contributed by atoms with Crippen LogP contribution in [0.15, 0.2) is 30.5 Å². The Labute approximate surface area is 127 Å². The Morgan fingerprint density at radius 3 is 2.62 bits per heavy atom. The SMILES string of the molecule is CNC(Cc1ccn(C(C)C)n1)c1ccc(C)c(OC)c1. The van der Waals surface area contributed by atoms with Gasteiger partial charge >= 0.3 is 0 Å². The van der Waals surface area contributed by atoms with E-state index in [-0.39, 0.29) is 6.04 Å². The van der Waals surface area contributed by atoms with Gasteiger partial charge < -0.3 is 10.1 Å². The van der Waals surface area contributed by atoms with Gasteiger partial charge in [-0.15, -0.1) is 0 Å². The molecule has 4 nitrogen and oxygen atoms in total. The molecule has 114 valence electrons. The molecule has 0 radical (unpaired) electrons. The van der Waals surface area contributed by atoms with Gasteiger partial charge in [0.05, 0.1) is 12.8 Å². The maximum atomic E-state index is 5.42. The molecule has 21 heavy (non-hydrogen) atoms. The molecule has 0 bridgehead atoms. The van der Waals surface area contributed by atoms with Gasteiger partial charge in [-0.05, 0) is 51.1 Å². The minimum absolute atomic E-state index is 0.231. The smallest absolute Gasteiger partial charge is 0.122 e. The lowest BCUT2D eigenvalue weighted by atomic mass is 10.0. The van der Waals surface area contributed by atoms with Crippen molar-refractivity contribution in [2.75, 3.05) is 14.2 Å². The minimum Gasteiger partial charge on any atom is -0.496 e. The molecule has 0 fully saturated rings. The molecule has 1 aromatic carbocycles. The van der Waals surface area contributed by atoms with Gasteiger partial charge in [-0.3, -0.25) is 4.68 Å². The molecule has 0 saturated heterocycles. The maximum absolute atomic E-state index is 5.42. The van der Waals surface area contributed by atoms with E-state index in [1.54, 1.807) is 7.11 Å². The minimum atomic E-state index is 0.231. The van der Waals surface area contributed by atoms with Gasteiger partial charge in [-0.25, -0.2) is 0 Å². The molecule has 2 rings (SSSR count). The molecule has 4 heteroatoms. The van der Waals surface area contributed by atoms with Crippen LogP contribution < -0.4 is 10.1 Å². The predicted octanol–water partition coefficient (Wildman–Crippen LogP) is 3.28. The first kappa shape index (κ1) is 15.6. The number of nitrogens with zero attached hydrogens (tertiary/aromatic N) is 2. The largest absolute Gasteiger partial charge is 0.496 e. The Bertz CT molecular complexity index is 589. The number of hydrogen-bond acceptors (Lipinski definition) is 3. The Hall–Kier alpha value is -1.81. The van der Waals surface area contributed by atoms with Crippen molar-refractivity contribution in [1.82, 2.24) is 15.1 Å². The predicted molar refractivity (Wildman–Crippen MR) is 85.8 cm³/mol. The Morgan fingerprint density at radius 2 is 2.05 bits per heavy atom. The van der Waals surface area contributed by atoms with Crippen molar-refractivity contribution >= 4 is 0 Å². The molecule has 0 saturated carbocycles. The molecular formula is C17H25N3O. The van der Waals surface area contributed by atoms with Gasteiger partial charge in [-0.2, -0.15) is 5.10 Å². The summed E-state index contributed by atoms with van der Waals surface area (Å²) >= 11 is 0. The van der Waals surface area contributed by atoms with E-state index in [1.165, 1.54) is 5.56 Å². The molecule has 1 N–H and O–H groups in total. The fourth-order valence-corrected chi connectivity index (χ4v) is 2.42. The number of likely N-dealkylation sites (N-methyl/N-ethyl adjacent to an activating group) is 1. The van der Waals surface area contributed by atoms with Gasteiger partial charge in [0, 0.05) is 24.7 Å².